The summed E-state index contributed by atoms with van der Waals surface area (Å²) in [5, 5.41) is 15.0. The molecule has 0 fully saturated rings. The van der Waals surface area contributed by atoms with Crippen LogP contribution in [0.4, 0.5) is 11.6 Å². The molecule has 9 nitrogen and oxygen atoms in total. The van der Waals surface area contributed by atoms with Gasteiger partial charge in [-0.3, -0.25) is 4.79 Å². The van der Waals surface area contributed by atoms with Crippen molar-refractivity contribution in [2.45, 2.75) is 12.1 Å². The molecule has 0 aliphatic carbocycles. The highest BCUT2D eigenvalue weighted by Crippen LogP contribution is 2.17. The van der Waals surface area contributed by atoms with E-state index in [4.69, 9.17) is 10.3 Å². The third-order valence-corrected chi connectivity index (χ3v) is 4.14. The molecule has 1 aromatic carbocycles. The number of rotatable bonds is 7. The lowest BCUT2D eigenvalue weighted by atomic mass is 10.2. The van der Waals surface area contributed by atoms with E-state index < -0.39 is 0 Å². The fraction of sp³-hybridized carbons (Fsp3) is 0.125. The zero-order chi connectivity index (χ0) is 18.4. The molecule has 26 heavy (non-hydrogen) atoms. The molecule has 1 amide bonds. The number of thioether (sulfide) groups is 1. The molecule has 3 rings (SSSR count). The fourth-order valence-corrected chi connectivity index (χ4v) is 2.68. The molecule has 0 radical (unpaired) electrons. The maximum absolute atomic E-state index is 12.0. The number of anilines is 2. The first-order valence-corrected chi connectivity index (χ1v) is 8.63. The first kappa shape index (κ1) is 17.5. The molecule has 2 aromatic heterocycles. The summed E-state index contributed by atoms with van der Waals surface area (Å²) in [5.41, 5.74) is 4.49. The van der Waals surface area contributed by atoms with E-state index in [1.54, 1.807) is 18.4 Å². The summed E-state index contributed by atoms with van der Waals surface area (Å²) in [4.78, 5) is 12.0. The number of aryl methyl sites for hydroxylation is 1. The highest BCUT2D eigenvalue weighted by molar-refractivity contribution is 7.99. The third-order valence-electron chi connectivity index (χ3n) is 3.20. The van der Waals surface area contributed by atoms with Crippen LogP contribution in [0.3, 0.4) is 0 Å². The first-order valence-electron chi connectivity index (χ1n) is 7.64. The average molecular weight is 371 g/mol. The van der Waals surface area contributed by atoms with Crippen molar-refractivity contribution in [1.29, 1.82) is 0 Å². The minimum atomic E-state index is -0.158. The van der Waals surface area contributed by atoms with Gasteiger partial charge in [-0.15, -0.1) is 10.2 Å². The van der Waals surface area contributed by atoms with Crippen molar-refractivity contribution in [1.82, 2.24) is 14.9 Å². The van der Waals surface area contributed by atoms with E-state index in [2.05, 4.69) is 26.0 Å². The lowest BCUT2D eigenvalue weighted by Crippen LogP contribution is -2.16. The van der Waals surface area contributed by atoms with Crippen molar-refractivity contribution >= 4 is 35.5 Å². The second kappa shape index (κ2) is 8.21. The molecular weight excluding hydrogens is 354 g/mol. The molecule has 3 aromatic rings. The van der Waals surface area contributed by atoms with Gasteiger partial charge in [-0.1, -0.05) is 23.9 Å². The number of nitrogens with zero attached hydrogens (tertiary/aromatic N) is 4. The van der Waals surface area contributed by atoms with Gasteiger partial charge in [0.1, 0.15) is 5.76 Å². The van der Waals surface area contributed by atoms with Gasteiger partial charge in [-0.05, 0) is 36.8 Å². The number of amides is 1. The van der Waals surface area contributed by atoms with Gasteiger partial charge in [0, 0.05) is 5.69 Å². The number of carbonyl (C=O) groups is 1. The molecule has 0 saturated heterocycles. The number of furan rings is 1. The summed E-state index contributed by atoms with van der Waals surface area (Å²) in [6.45, 7) is 1.96. The van der Waals surface area contributed by atoms with Gasteiger partial charge < -0.3 is 15.6 Å². The van der Waals surface area contributed by atoms with Crippen LogP contribution in [0.2, 0.25) is 0 Å². The summed E-state index contributed by atoms with van der Waals surface area (Å²) < 4.78 is 6.34. The predicted molar refractivity (Wildman–Crippen MR) is 101 cm³/mol. The van der Waals surface area contributed by atoms with Crippen molar-refractivity contribution in [2.75, 3.05) is 22.3 Å². The molecule has 0 spiro atoms. The van der Waals surface area contributed by atoms with E-state index in [0.717, 1.165) is 11.3 Å². The van der Waals surface area contributed by atoms with Crippen LogP contribution in [0.15, 0.2) is 57.3 Å². The van der Waals surface area contributed by atoms with Gasteiger partial charge in [0.25, 0.3) is 5.95 Å². The maximum atomic E-state index is 12.0. The van der Waals surface area contributed by atoms with Crippen molar-refractivity contribution in [3.63, 3.8) is 0 Å². The zero-order valence-electron chi connectivity index (χ0n) is 13.9. The van der Waals surface area contributed by atoms with Crippen LogP contribution in [0.25, 0.3) is 0 Å². The highest BCUT2D eigenvalue weighted by atomic mass is 32.2. The second-order valence-electron chi connectivity index (χ2n) is 5.27. The lowest BCUT2D eigenvalue weighted by Gasteiger charge is -2.06. The predicted octanol–water partition coefficient (Wildman–Crippen LogP) is 2.07. The van der Waals surface area contributed by atoms with Gasteiger partial charge in [-0.25, -0.2) is 10.1 Å². The molecular formula is C16H17N7O2S. The summed E-state index contributed by atoms with van der Waals surface area (Å²) in [5.74, 6) is 6.73. The normalized spacial score (nSPS) is 11.0. The number of hydrazone groups is 1. The average Bonchev–Trinajstić information content (AvgIpc) is 3.24. The molecule has 0 aliphatic heterocycles. The topological polar surface area (TPSA) is 123 Å². The van der Waals surface area contributed by atoms with Crippen LogP contribution in [0.5, 0.6) is 0 Å². The number of carbonyl (C=O) groups excluding carboxylic acids is 1. The Labute approximate surface area is 153 Å². The van der Waals surface area contributed by atoms with Crippen LogP contribution in [0.1, 0.15) is 11.3 Å². The van der Waals surface area contributed by atoms with Crippen molar-refractivity contribution < 1.29 is 9.21 Å². The van der Waals surface area contributed by atoms with Crippen molar-refractivity contribution in [3.8, 4) is 0 Å². The Kier molecular flexibility index (Phi) is 5.54. The number of nitrogens with two attached hydrogens (primary N) is 1. The largest absolute Gasteiger partial charge is 0.463 e. The Bertz CT molecular complexity index is 905. The zero-order valence-corrected chi connectivity index (χ0v) is 14.7. The summed E-state index contributed by atoms with van der Waals surface area (Å²) in [6, 6.07) is 11.1. The number of hydrogen-bond donors (Lipinski definition) is 3. The van der Waals surface area contributed by atoms with E-state index in [1.807, 2.05) is 31.2 Å². The minimum Gasteiger partial charge on any atom is -0.463 e. The highest BCUT2D eigenvalue weighted by Gasteiger charge is 2.12. The van der Waals surface area contributed by atoms with Crippen LogP contribution < -0.4 is 16.6 Å². The smallest absolute Gasteiger partial charge is 0.264 e. The van der Waals surface area contributed by atoms with Crippen LogP contribution in [-0.2, 0) is 4.79 Å². The van der Waals surface area contributed by atoms with E-state index in [0.29, 0.717) is 10.9 Å². The standard InChI is InChI=1S/C16H17N7O2S/c1-11-4-2-5-12(8-11)19-14(24)10-26-16-22-21-15(23(16)17)20-18-9-13-6-3-7-25-13/h2-9H,10,17H2,1H3,(H,19,24)(H,20,21)/b18-9+. The van der Waals surface area contributed by atoms with Gasteiger partial charge in [0.05, 0.1) is 18.2 Å². The fourth-order valence-electron chi connectivity index (χ4n) is 2.02. The Morgan fingerprint density at radius 2 is 2.27 bits per heavy atom. The van der Waals surface area contributed by atoms with Crippen molar-refractivity contribution in [2.24, 2.45) is 5.10 Å². The molecule has 0 unspecified atom stereocenters. The number of hydrogen-bond acceptors (Lipinski definition) is 8. The third kappa shape index (κ3) is 4.63. The number of benzene rings is 1. The van der Waals surface area contributed by atoms with Gasteiger partial charge >= 0.3 is 0 Å². The molecule has 0 bridgehead atoms. The molecule has 0 aliphatic rings. The maximum Gasteiger partial charge on any atom is 0.264 e. The molecule has 0 saturated carbocycles. The van der Waals surface area contributed by atoms with Gasteiger partial charge in [0.2, 0.25) is 11.1 Å². The SMILES string of the molecule is Cc1cccc(NC(=O)CSc2nnc(N/N=C/c3ccco3)n2N)c1. The Hall–Kier alpha value is -3.27. The van der Waals surface area contributed by atoms with Gasteiger partial charge in [-0.2, -0.15) is 5.10 Å². The monoisotopic (exact) mass is 371 g/mol. The lowest BCUT2D eigenvalue weighted by molar-refractivity contribution is -0.113. The molecule has 4 N–H and O–H groups in total. The van der Waals surface area contributed by atoms with E-state index in [-0.39, 0.29) is 17.6 Å². The van der Waals surface area contributed by atoms with E-state index >= 15 is 0 Å². The Morgan fingerprint density at radius 1 is 1.38 bits per heavy atom. The number of nitrogens with one attached hydrogen (secondary N) is 2. The Morgan fingerprint density at radius 3 is 3.04 bits per heavy atom. The van der Waals surface area contributed by atoms with E-state index in [9.17, 15) is 4.79 Å². The summed E-state index contributed by atoms with van der Waals surface area (Å²) in [6.07, 6.45) is 3.03. The number of nitrogen functional groups attached to an aromatic ring is 1. The van der Waals surface area contributed by atoms with Crippen LogP contribution in [0, 0.1) is 6.92 Å². The summed E-state index contributed by atoms with van der Waals surface area (Å²) in [7, 11) is 0. The second-order valence-corrected chi connectivity index (χ2v) is 6.21. The molecule has 10 heteroatoms. The quantitative estimate of drug-likeness (QED) is 0.251. The van der Waals surface area contributed by atoms with Gasteiger partial charge in [0.15, 0.2) is 0 Å². The molecule has 0 atom stereocenters. The van der Waals surface area contributed by atoms with E-state index in [1.165, 1.54) is 22.7 Å². The van der Waals surface area contributed by atoms with Crippen LogP contribution in [-0.4, -0.2) is 32.7 Å². The molecule has 2 heterocycles. The Balaban J connectivity index is 1.52. The van der Waals surface area contributed by atoms with Crippen LogP contribution >= 0.6 is 11.8 Å². The number of aromatic nitrogens is 3. The minimum absolute atomic E-state index is 0.152. The summed E-state index contributed by atoms with van der Waals surface area (Å²) >= 11 is 1.17. The first-order chi connectivity index (χ1) is 12.6. The molecule has 134 valence electrons. The van der Waals surface area contributed by atoms with Crippen molar-refractivity contribution in [3.05, 3.63) is 54.0 Å².